The molecule has 3 rings (SSSR count). The van der Waals surface area contributed by atoms with Crippen molar-refractivity contribution >= 4 is 11.0 Å². The Balaban J connectivity index is 1.27. The molecule has 0 saturated carbocycles. The van der Waals surface area contributed by atoms with E-state index in [4.69, 9.17) is 10.5 Å². The number of nitrogens with two attached hydrogens (primary N) is 1. The lowest BCUT2D eigenvalue weighted by atomic mass is 9.99. The molecule has 0 aliphatic heterocycles. The number of nitrogens with one attached hydrogen (secondary N) is 2. The number of aromatic nitrogens is 2. The summed E-state index contributed by atoms with van der Waals surface area (Å²) in [5.74, 6) is 0.0710. The highest BCUT2D eigenvalue weighted by Crippen LogP contribution is 2.24. The van der Waals surface area contributed by atoms with Crippen LogP contribution in [0.4, 0.5) is 0 Å². The normalized spacial score (nSPS) is 12.4. The number of hydrogen-bond donors (Lipinski definition) is 4. The van der Waals surface area contributed by atoms with Crippen molar-refractivity contribution in [1.29, 1.82) is 0 Å². The van der Waals surface area contributed by atoms with Crippen molar-refractivity contribution in [2.45, 2.75) is 51.0 Å². The molecule has 2 aromatic carbocycles. The number of imidazole rings is 1. The fourth-order valence-electron chi connectivity index (χ4n) is 3.62. The summed E-state index contributed by atoms with van der Waals surface area (Å²) < 4.78 is 5.72. The Morgan fingerprint density at radius 3 is 2.52 bits per heavy atom. The average Bonchev–Trinajstić information content (AvgIpc) is 3.12. The van der Waals surface area contributed by atoms with Crippen LogP contribution in [0.15, 0.2) is 47.3 Å². The van der Waals surface area contributed by atoms with Crippen LogP contribution in [-0.4, -0.2) is 34.3 Å². The topological polar surface area (TPSA) is 104 Å². The van der Waals surface area contributed by atoms with Gasteiger partial charge in [0.05, 0.1) is 12.1 Å². The van der Waals surface area contributed by atoms with Crippen molar-refractivity contribution in [1.82, 2.24) is 9.97 Å². The third-order valence-corrected chi connectivity index (χ3v) is 5.22. The van der Waals surface area contributed by atoms with E-state index in [1.54, 1.807) is 6.07 Å². The summed E-state index contributed by atoms with van der Waals surface area (Å²) in [4.78, 5) is 16.9. The smallest absolute Gasteiger partial charge is 0.323 e. The van der Waals surface area contributed by atoms with Crippen molar-refractivity contribution < 1.29 is 9.84 Å². The molecule has 156 valence electrons. The van der Waals surface area contributed by atoms with E-state index in [0.29, 0.717) is 17.5 Å². The van der Waals surface area contributed by atoms with Gasteiger partial charge in [-0.05, 0) is 42.9 Å². The number of aromatic hydroxyl groups is 1. The van der Waals surface area contributed by atoms with Gasteiger partial charge in [0.15, 0.2) is 0 Å². The summed E-state index contributed by atoms with van der Waals surface area (Å²) in [7, 11) is 0. The van der Waals surface area contributed by atoms with Crippen molar-refractivity contribution in [3.8, 4) is 5.75 Å². The summed E-state index contributed by atoms with van der Waals surface area (Å²) >= 11 is 0. The molecule has 0 spiro atoms. The Morgan fingerprint density at radius 1 is 0.931 bits per heavy atom. The molecule has 0 radical (unpaired) electrons. The molecular weight excluding hydrogens is 366 g/mol. The second-order valence-electron chi connectivity index (χ2n) is 7.59. The standard InChI is InChI=1S/C23H31N3O3/c24-19(16-18-11-12-20(27)22-21(18)25-23(28)26-22)10-6-1-2-7-14-29-15-13-17-8-4-3-5-9-17/h3-5,8-9,11-12,19,27H,1-2,6-7,10,13-16,24H2,(H2,25,26,28). The lowest BCUT2D eigenvalue weighted by Gasteiger charge is -2.12. The van der Waals surface area contributed by atoms with E-state index in [0.717, 1.165) is 57.3 Å². The molecule has 1 aromatic heterocycles. The second-order valence-corrected chi connectivity index (χ2v) is 7.59. The number of unbranched alkanes of at least 4 members (excludes halogenated alkanes) is 3. The van der Waals surface area contributed by atoms with Gasteiger partial charge in [-0.2, -0.15) is 0 Å². The molecule has 3 aromatic rings. The second kappa shape index (κ2) is 10.8. The molecule has 1 atom stereocenters. The lowest BCUT2D eigenvalue weighted by Crippen LogP contribution is -2.22. The first-order valence-corrected chi connectivity index (χ1v) is 10.4. The molecule has 1 unspecified atom stereocenters. The number of H-pyrrole nitrogens is 2. The lowest BCUT2D eigenvalue weighted by molar-refractivity contribution is 0.132. The van der Waals surface area contributed by atoms with E-state index in [9.17, 15) is 9.90 Å². The minimum atomic E-state index is -0.317. The number of ether oxygens (including phenoxy) is 1. The van der Waals surface area contributed by atoms with Crippen LogP contribution in [0.5, 0.6) is 5.75 Å². The molecule has 5 N–H and O–H groups in total. The molecule has 0 aliphatic carbocycles. The van der Waals surface area contributed by atoms with Crippen molar-refractivity contribution in [2.24, 2.45) is 5.73 Å². The van der Waals surface area contributed by atoms with E-state index >= 15 is 0 Å². The summed E-state index contributed by atoms with van der Waals surface area (Å²) in [6, 6.07) is 13.9. The van der Waals surface area contributed by atoms with Crippen LogP contribution in [0.2, 0.25) is 0 Å². The number of phenols is 1. The van der Waals surface area contributed by atoms with Gasteiger partial charge in [-0.25, -0.2) is 4.79 Å². The maximum Gasteiger partial charge on any atom is 0.323 e. The summed E-state index contributed by atoms with van der Waals surface area (Å²) in [5, 5.41) is 9.85. The molecule has 29 heavy (non-hydrogen) atoms. The van der Waals surface area contributed by atoms with Gasteiger partial charge in [0, 0.05) is 12.6 Å². The summed E-state index contributed by atoms with van der Waals surface area (Å²) in [6.07, 6.45) is 7.02. The number of aromatic amines is 2. The number of rotatable bonds is 12. The Hall–Kier alpha value is -2.57. The molecule has 0 fully saturated rings. The molecular formula is C23H31N3O3. The third kappa shape index (κ3) is 6.48. The van der Waals surface area contributed by atoms with Gasteiger partial charge in [0.25, 0.3) is 0 Å². The van der Waals surface area contributed by atoms with Gasteiger partial charge in [-0.15, -0.1) is 0 Å². The largest absolute Gasteiger partial charge is 0.506 e. The number of benzene rings is 2. The van der Waals surface area contributed by atoms with Gasteiger partial charge in [0.1, 0.15) is 11.3 Å². The first-order chi connectivity index (χ1) is 14.1. The van der Waals surface area contributed by atoms with Gasteiger partial charge in [-0.1, -0.05) is 55.7 Å². The Labute approximate surface area is 171 Å². The van der Waals surface area contributed by atoms with Gasteiger partial charge < -0.3 is 25.5 Å². The van der Waals surface area contributed by atoms with E-state index in [-0.39, 0.29) is 17.5 Å². The fourth-order valence-corrected chi connectivity index (χ4v) is 3.62. The minimum Gasteiger partial charge on any atom is -0.506 e. The average molecular weight is 398 g/mol. The Kier molecular flexibility index (Phi) is 7.90. The van der Waals surface area contributed by atoms with Crippen molar-refractivity contribution in [3.63, 3.8) is 0 Å². The van der Waals surface area contributed by atoms with Crippen molar-refractivity contribution in [3.05, 3.63) is 64.1 Å². The van der Waals surface area contributed by atoms with Crippen LogP contribution >= 0.6 is 0 Å². The highest BCUT2D eigenvalue weighted by Gasteiger charge is 2.12. The predicted molar refractivity (Wildman–Crippen MR) is 116 cm³/mol. The van der Waals surface area contributed by atoms with E-state index in [1.165, 1.54) is 5.56 Å². The third-order valence-electron chi connectivity index (χ3n) is 5.22. The molecule has 1 heterocycles. The zero-order valence-electron chi connectivity index (χ0n) is 16.8. The van der Waals surface area contributed by atoms with Gasteiger partial charge in [-0.3, -0.25) is 0 Å². The zero-order valence-corrected chi connectivity index (χ0v) is 16.8. The molecule has 0 amide bonds. The Morgan fingerprint density at radius 2 is 1.69 bits per heavy atom. The van der Waals surface area contributed by atoms with Gasteiger partial charge in [0.2, 0.25) is 0 Å². The maximum absolute atomic E-state index is 11.5. The highest BCUT2D eigenvalue weighted by atomic mass is 16.5. The van der Waals surface area contributed by atoms with Crippen LogP contribution in [-0.2, 0) is 17.6 Å². The molecule has 0 aliphatic rings. The minimum absolute atomic E-state index is 0.0308. The van der Waals surface area contributed by atoms with Gasteiger partial charge >= 0.3 is 5.69 Å². The highest BCUT2D eigenvalue weighted by molar-refractivity contribution is 5.84. The number of hydrogen-bond acceptors (Lipinski definition) is 4. The number of phenolic OH excluding ortho intramolecular Hbond substituents is 1. The fraction of sp³-hybridized carbons (Fsp3) is 0.435. The van der Waals surface area contributed by atoms with Crippen LogP contribution in [0.25, 0.3) is 11.0 Å². The van der Waals surface area contributed by atoms with Crippen LogP contribution in [0, 0.1) is 0 Å². The quantitative estimate of drug-likeness (QED) is 0.350. The Bertz CT molecular complexity index is 933. The van der Waals surface area contributed by atoms with Crippen LogP contribution < -0.4 is 11.4 Å². The SMILES string of the molecule is NC(CCCCCCOCCc1ccccc1)Cc1ccc(O)c2[nH]c(=O)[nH]c12. The first kappa shape index (κ1) is 21.1. The molecule has 6 heteroatoms. The van der Waals surface area contributed by atoms with E-state index in [1.807, 2.05) is 12.1 Å². The maximum atomic E-state index is 11.5. The summed E-state index contributed by atoms with van der Waals surface area (Å²) in [5.41, 5.74) is 9.34. The van der Waals surface area contributed by atoms with E-state index in [2.05, 4.69) is 34.2 Å². The van der Waals surface area contributed by atoms with Crippen LogP contribution in [0.1, 0.15) is 43.2 Å². The monoisotopic (exact) mass is 397 g/mol. The van der Waals surface area contributed by atoms with Crippen molar-refractivity contribution in [2.75, 3.05) is 13.2 Å². The van der Waals surface area contributed by atoms with E-state index < -0.39 is 0 Å². The molecule has 0 bridgehead atoms. The van der Waals surface area contributed by atoms with Crippen LogP contribution in [0.3, 0.4) is 0 Å². The first-order valence-electron chi connectivity index (χ1n) is 10.4. The molecule has 6 nitrogen and oxygen atoms in total. The zero-order chi connectivity index (χ0) is 20.5. The summed E-state index contributed by atoms with van der Waals surface area (Å²) in [6.45, 7) is 1.59. The number of fused-ring (bicyclic) bond motifs is 1. The predicted octanol–water partition coefficient (Wildman–Crippen LogP) is 3.64. The molecule has 0 saturated heterocycles.